The maximum Gasteiger partial charge on any atom is 0.221 e. The number of unbranched alkanes of at least 4 members (excludes halogenated alkanes) is 22. The Morgan fingerprint density at radius 1 is 0.500 bits per heavy atom. The summed E-state index contributed by atoms with van der Waals surface area (Å²) in [7, 11) is 0. The van der Waals surface area contributed by atoms with Gasteiger partial charge in [0.25, 0.3) is 0 Å². The average molecular weight is 537 g/mol. The molecule has 0 spiro atoms. The van der Waals surface area contributed by atoms with Gasteiger partial charge in [-0.25, -0.2) is 0 Å². The average Bonchev–Trinajstić information content (AvgIpc) is 2.88. The highest BCUT2D eigenvalue weighted by Crippen LogP contribution is 2.17. The molecule has 0 saturated carbocycles. The lowest BCUT2D eigenvalue weighted by molar-refractivity contribution is -0.121. The van der Waals surface area contributed by atoms with Crippen LogP contribution < -0.4 is 5.32 Å². The van der Waals surface area contributed by atoms with Gasteiger partial charge in [-0.3, -0.25) is 9.69 Å². The van der Waals surface area contributed by atoms with Crippen LogP contribution in [0.2, 0.25) is 0 Å². The summed E-state index contributed by atoms with van der Waals surface area (Å²) in [5, 5.41) is 3.17. The van der Waals surface area contributed by atoms with Crippen LogP contribution in [-0.4, -0.2) is 36.0 Å². The normalized spacial score (nSPS) is 11.9. The fourth-order valence-corrected chi connectivity index (χ4v) is 5.44. The van der Waals surface area contributed by atoms with Crippen LogP contribution in [0.25, 0.3) is 0 Å². The topological polar surface area (TPSA) is 32.3 Å². The first-order chi connectivity index (χ1) is 18.4. The van der Waals surface area contributed by atoms with Crippen molar-refractivity contribution >= 4 is 5.91 Å². The molecule has 0 radical (unpaired) electrons. The van der Waals surface area contributed by atoms with Crippen molar-refractivity contribution in [1.29, 1.82) is 0 Å². The maximum absolute atomic E-state index is 12.4. The van der Waals surface area contributed by atoms with Crippen LogP contribution in [0, 0.1) is 0 Å². The molecule has 0 unspecified atom stereocenters. The van der Waals surface area contributed by atoms with Gasteiger partial charge in [0.2, 0.25) is 5.91 Å². The molecule has 0 heterocycles. The predicted molar refractivity (Wildman–Crippen MR) is 171 cm³/mol. The first-order valence-electron chi connectivity index (χ1n) is 17.4. The third-order valence-electron chi connectivity index (χ3n) is 8.19. The predicted octanol–water partition coefficient (Wildman–Crippen LogP) is 11.0. The van der Waals surface area contributed by atoms with E-state index in [1.54, 1.807) is 0 Å². The molecule has 0 atom stereocenters. The smallest absolute Gasteiger partial charge is 0.221 e. The minimum Gasteiger partial charge on any atom is -0.356 e. The van der Waals surface area contributed by atoms with Crippen LogP contribution in [-0.2, 0) is 4.79 Å². The van der Waals surface area contributed by atoms with Gasteiger partial charge in [-0.1, -0.05) is 155 Å². The number of nitrogens with one attached hydrogen (secondary N) is 1. The zero-order valence-electron chi connectivity index (χ0n) is 27.2. The second-order valence-electron chi connectivity index (χ2n) is 13.0. The molecule has 3 heteroatoms. The second-order valence-corrected chi connectivity index (χ2v) is 13.0. The first-order valence-corrected chi connectivity index (χ1v) is 17.4. The molecule has 0 rings (SSSR count). The Morgan fingerprint density at radius 2 is 0.842 bits per heavy atom. The van der Waals surface area contributed by atoms with E-state index < -0.39 is 0 Å². The second kappa shape index (κ2) is 28.0. The molecule has 3 nitrogen and oxygen atoms in total. The quantitative estimate of drug-likeness (QED) is 0.0964. The lowest BCUT2D eigenvalue weighted by Gasteiger charge is -2.35. The van der Waals surface area contributed by atoms with Crippen LogP contribution in [0.1, 0.15) is 195 Å². The SMILES string of the molecule is CCCCCCCCCCCCCCNC(=O)CCN(CCCCCCCCCCCCCC)C(C)(C)C. The molecule has 0 aliphatic carbocycles. The largest absolute Gasteiger partial charge is 0.356 e. The van der Waals surface area contributed by atoms with Crippen LogP contribution in [0.15, 0.2) is 0 Å². The Kier molecular flexibility index (Phi) is 27.6. The molecular formula is C35H72N2O. The molecule has 0 aromatic heterocycles. The van der Waals surface area contributed by atoms with Crippen molar-refractivity contribution < 1.29 is 4.79 Å². The summed E-state index contributed by atoms with van der Waals surface area (Å²) < 4.78 is 0. The van der Waals surface area contributed by atoms with Crippen molar-refractivity contribution in [2.45, 2.75) is 201 Å². The minimum atomic E-state index is 0.133. The van der Waals surface area contributed by atoms with E-state index in [1.807, 2.05) is 0 Å². The zero-order chi connectivity index (χ0) is 28.2. The zero-order valence-corrected chi connectivity index (χ0v) is 27.2. The van der Waals surface area contributed by atoms with Gasteiger partial charge in [-0.15, -0.1) is 0 Å². The standard InChI is InChI=1S/C35H72N2O/c1-6-8-10-12-14-16-18-20-22-24-26-28-31-36-34(38)30-33-37(35(3,4)5)32-29-27-25-23-21-19-17-15-13-11-9-7-2/h6-33H2,1-5H3,(H,36,38). The van der Waals surface area contributed by atoms with E-state index in [4.69, 9.17) is 0 Å². The highest BCUT2D eigenvalue weighted by atomic mass is 16.1. The summed E-state index contributed by atoms with van der Waals surface area (Å²) in [5.74, 6) is 0.233. The van der Waals surface area contributed by atoms with Gasteiger partial charge >= 0.3 is 0 Å². The van der Waals surface area contributed by atoms with E-state index in [0.717, 1.165) is 26.1 Å². The van der Waals surface area contributed by atoms with Crippen LogP contribution in [0.4, 0.5) is 0 Å². The van der Waals surface area contributed by atoms with Crippen molar-refractivity contribution in [2.24, 2.45) is 0 Å². The molecule has 1 amide bonds. The van der Waals surface area contributed by atoms with Gasteiger partial charge in [-0.2, -0.15) is 0 Å². The maximum atomic E-state index is 12.4. The summed E-state index contributed by atoms with van der Waals surface area (Å²) >= 11 is 0. The molecule has 38 heavy (non-hydrogen) atoms. The summed E-state index contributed by atoms with van der Waals surface area (Å²) in [4.78, 5) is 14.9. The Morgan fingerprint density at radius 3 is 1.21 bits per heavy atom. The van der Waals surface area contributed by atoms with E-state index in [0.29, 0.717) is 6.42 Å². The van der Waals surface area contributed by atoms with E-state index in [1.165, 1.54) is 148 Å². The highest BCUT2D eigenvalue weighted by molar-refractivity contribution is 5.76. The van der Waals surface area contributed by atoms with Crippen LogP contribution >= 0.6 is 0 Å². The summed E-state index contributed by atoms with van der Waals surface area (Å²) in [6.07, 6.45) is 33.6. The monoisotopic (exact) mass is 537 g/mol. The van der Waals surface area contributed by atoms with Crippen molar-refractivity contribution in [3.8, 4) is 0 Å². The molecule has 0 aromatic rings. The number of carbonyl (C=O) groups is 1. The van der Waals surface area contributed by atoms with E-state index >= 15 is 0 Å². The number of carbonyl (C=O) groups excluding carboxylic acids is 1. The number of hydrogen-bond acceptors (Lipinski definition) is 2. The van der Waals surface area contributed by atoms with Crippen molar-refractivity contribution in [3.05, 3.63) is 0 Å². The Labute approximate surface area is 241 Å². The van der Waals surface area contributed by atoms with Gasteiger partial charge < -0.3 is 5.32 Å². The summed E-state index contributed by atoms with van der Waals surface area (Å²) in [5.41, 5.74) is 0.133. The van der Waals surface area contributed by atoms with E-state index in [-0.39, 0.29) is 11.4 Å². The number of nitrogens with zero attached hydrogens (tertiary/aromatic N) is 1. The Bertz CT molecular complexity index is 485. The van der Waals surface area contributed by atoms with Gasteiger partial charge in [0, 0.05) is 25.0 Å². The third-order valence-corrected chi connectivity index (χ3v) is 8.19. The van der Waals surface area contributed by atoms with Crippen molar-refractivity contribution in [3.63, 3.8) is 0 Å². The molecule has 0 bridgehead atoms. The first kappa shape index (κ1) is 37.4. The minimum absolute atomic E-state index is 0.133. The lowest BCUT2D eigenvalue weighted by Crippen LogP contribution is -2.44. The number of amides is 1. The highest BCUT2D eigenvalue weighted by Gasteiger charge is 2.21. The van der Waals surface area contributed by atoms with Crippen LogP contribution in [0.5, 0.6) is 0 Å². The molecule has 1 N–H and O–H groups in total. The summed E-state index contributed by atoms with van der Waals surface area (Å²) in [6, 6.07) is 0. The van der Waals surface area contributed by atoms with Crippen molar-refractivity contribution in [1.82, 2.24) is 10.2 Å². The number of hydrogen-bond donors (Lipinski definition) is 1. The molecule has 0 fully saturated rings. The molecular weight excluding hydrogens is 464 g/mol. The molecule has 0 aliphatic heterocycles. The van der Waals surface area contributed by atoms with Gasteiger partial charge in [0.1, 0.15) is 0 Å². The fourth-order valence-electron chi connectivity index (χ4n) is 5.44. The molecule has 228 valence electrons. The fraction of sp³-hybridized carbons (Fsp3) is 0.971. The van der Waals surface area contributed by atoms with Crippen LogP contribution in [0.3, 0.4) is 0 Å². The lowest BCUT2D eigenvalue weighted by atomic mass is 10.0. The van der Waals surface area contributed by atoms with Crippen molar-refractivity contribution in [2.75, 3.05) is 19.6 Å². The van der Waals surface area contributed by atoms with E-state index in [9.17, 15) is 4.79 Å². The summed E-state index contributed by atoms with van der Waals surface area (Å²) in [6.45, 7) is 14.3. The van der Waals surface area contributed by atoms with Gasteiger partial charge in [-0.05, 0) is 40.2 Å². The number of rotatable bonds is 29. The van der Waals surface area contributed by atoms with E-state index in [2.05, 4.69) is 44.8 Å². The molecule has 0 aromatic carbocycles. The third kappa shape index (κ3) is 27.0. The van der Waals surface area contributed by atoms with Gasteiger partial charge in [0.15, 0.2) is 0 Å². The van der Waals surface area contributed by atoms with Gasteiger partial charge in [0.05, 0.1) is 0 Å². The Balaban J connectivity index is 3.67. The Hall–Kier alpha value is -0.570. The molecule has 0 aliphatic rings. The molecule has 0 saturated heterocycles.